The molecule has 0 unspecified atom stereocenters. The molecule has 4 rings (SSSR count). The Hall–Kier alpha value is -3.15. The second-order valence-electron chi connectivity index (χ2n) is 8.27. The summed E-state index contributed by atoms with van der Waals surface area (Å²) in [4.78, 5) is 29.7. The minimum absolute atomic E-state index is 0.0481. The molecule has 0 spiro atoms. The van der Waals surface area contributed by atoms with E-state index in [1.54, 1.807) is 16.7 Å². The zero-order chi connectivity index (χ0) is 19.9. The van der Waals surface area contributed by atoms with Gasteiger partial charge in [0.15, 0.2) is 5.69 Å². The van der Waals surface area contributed by atoms with Gasteiger partial charge in [-0.1, -0.05) is 39.0 Å². The van der Waals surface area contributed by atoms with E-state index in [1.807, 2.05) is 36.4 Å². The molecule has 28 heavy (non-hydrogen) atoms. The van der Waals surface area contributed by atoms with Crippen LogP contribution >= 0.6 is 0 Å². The first-order valence-corrected chi connectivity index (χ1v) is 9.53. The summed E-state index contributed by atoms with van der Waals surface area (Å²) < 4.78 is 1.66. The van der Waals surface area contributed by atoms with Crippen LogP contribution in [0.3, 0.4) is 0 Å². The summed E-state index contributed by atoms with van der Waals surface area (Å²) in [7, 11) is 0. The summed E-state index contributed by atoms with van der Waals surface area (Å²) in [6.45, 7) is 6.43. The van der Waals surface area contributed by atoms with Crippen molar-refractivity contribution in [3.63, 3.8) is 0 Å². The van der Waals surface area contributed by atoms with Crippen molar-refractivity contribution in [1.82, 2.24) is 14.7 Å². The van der Waals surface area contributed by atoms with Crippen molar-refractivity contribution < 1.29 is 9.59 Å². The number of aromatic nitrogens is 2. The molecule has 2 amide bonds. The number of imidazole rings is 1. The first-order chi connectivity index (χ1) is 13.3. The van der Waals surface area contributed by atoms with Gasteiger partial charge in [0, 0.05) is 17.9 Å². The predicted octanol–water partition coefficient (Wildman–Crippen LogP) is 3.78. The first kappa shape index (κ1) is 18.2. The number of pyridine rings is 1. The van der Waals surface area contributed by atoms with E-state index < -0.39 is 0 Å². The van der Waals surface area contributed by atoms with Gasteiger partial charge < -0.3 is 10.6 Å². The number of hydrogen-bond donors (Lipinski definition) is 2. The van der Waals surface area contributed by atoms with Gasteiger partial charge in [0.2, 0.25) is 5.82 Å². The summed E-state index contributed by atoms with van der Waals surface area (Å²) >= 11 is 0. The minimum Gasteiger partial charge on any atom is -0.347 e. The van der Waals surface area contributed by atoms with E-state index in [0.29, 0.717) is 11.2 Å². The third-order valence-corrected chi connectivity index (χ3v) is 4.89. The molecule has 6 nitrogen and oxygen atoms in total. The Morgan fingerprint density at radius 1 is 1.04 bits per heavy atom. The fourth-order valence-corrected chi connectivity index (χ4v) is 3.09. The van der Waals surface area contributed by atoms with Crippen molar-refractivity contribution in [2.24, 2.45) is 0 Å². The maximum atomic E-state index is 12.9. The van der Waals surface area contributed by atoms with E-state index in [1.165, 1.54) is 5.56 Å². The molecule has 1 aromatic carbocycles. The van der Waals surface area contributed by atoms with Crippen LogP contribution in [0.1, 0.15) is 60.3 Å². The molecule has 0 atom stereocenters. The predicted molar refractivity (Wildman–Crippen MR) is 109 cm³/mol. The highest BCUT2D eigenvalue weighted by atomic mass is 16.2. The Morgan fingerprint density at radius 2 is 1.75 bits per heavy atom. The van der Waals surface area contributed by atoms with Crippen molar-refractivity contribution in [1.29, 1.82) is 0 Å². The number of carbonyl (C=O) groups excluding carboxylic acids is 2. The third kappa shape index (κ3) is 3.63. The largest absolute Gasteiger partial charge is 0.347 e. The smallest absolute Gasteiger partial charge is 0.287 e. The van der Waals surface area contributed by atoms with E-state index in [2.05, 4.69) is 36.4 Å². The van der Waals surface area contributed by atoms with Crippen molar-refractivity contribution in [2.75, 3.05) is 5.32 Å². The number of hydrogen-bond acceptors (Lipinski definition) is 3. The Balaban J connectivity index is 1.61. The fourth-order valence-electron chi connectivity index (χ4n) is 3.09. The molecule has 0 radical (unpaired) electrons. The van der Waals surface area contributed by atoms with Crippen molar-refractivity contribution in [3.05, 3.63) is 65.7 Å². The van der Waals surface area contributed by atoms with E-state index in [4.69, 9.17) is 0 Å². The third-order valence-electron chi connectivity index (χ3n) is 4.89. The fraction of sp³-hybridized carbons (Fsp3) is 0.318. The number of amides is 2. The van der Waals surface area contributed by atoms with Crippen LogP contribution in [-0.2, 0) is 5.41 Å². The Bertz CT molecular complexity index is 1040. The van der Waals surface area contributed by atoms with Gasteiger partial charge in [-0.15, -0.1) is 0 Å². The molecule has 1 aliphatic carbocycles. The molecule has 3 aromatic rings. The lowest BCUT2D eigenvalue weighted by Gasteiger charge is -2.19. The van der Waals surface area contributed by atoms with Gasteiger partial charge in [-0.3, -0.25) is 14.0 Å². The van der Waals surface area contributed by atoms with Gasteiger partial charge in [-0.25, -0.2) is 4.98 Å². The van der Waals surface area contributed by atoms with Crippen LogP contribution in [0.2, 0.25) is 0 Å². The van der Waals surface area contributed by atoms with Crippen LogP contribution < -0.4 is 10.6 Å². The highest BCUT2D eigenvalue weighted by Gasteiger charge is 2.27. The average Bonchev–Trinajstić information content (AvgIpc) is 3.38. The average molecular weight is 376 g/mol. The monoisotopic (exact) mass is 376 g/mol. The van der Waals surface area contributed by atoms with E-state index >= 15 is 0 Å². The maximum absolute atomic E-state index is 12.9. The van der Waals surface area contributed by atoms with Gasteiger partial charge in [-0.05, 0) is 48.1 Å². The van der Waals surface area contributed by atoms with Gasteiger partial charge in [0.05, 0.1) is 5.52 Å². The first-order valence-electron chi connectivity index (χ1n) is 9.53. The molecule has 1 aliphatic rings. The summed E-state index contributed by atoms with van der Waals surface area (Å²) in [5.41, 5.74) is 2.77. The summed E-state index contributed by atoms with van der Waals surface area (Å²) in [5.74, 6) is -0.356. The van der Waals surface area contributed by atoms with E-state index in [0.717, 1.165) is 12.8 Å². The molecule has 6 heteroatoms. The number of nitrogens with one attached hydrogen (secondary N) is 2. The lowest BCUT2D eigenvalue weighted by molar-refractivity contribution is 0.0940. The van der Waals surface area contributed by atoms with Crippen LogP contribution in [-0.4, -0.2) is 27.2 Å². The standard InChI is InChI=1S/C22H24N4O2/c1-22(2,3)14-7-9-15(10-8-14)23-20(27)18-17-6-4-5-13-26(17)19(25-18)21(28)24-16-11-12-16/h4-10,13,16H,11-12H2,1-3H3,(H,23,27)(H,24,28). The molecular formula is C22H24N4O2. The second kappa shape index (κ2) is 6.78. The SMILES string of the molecule is CC(C)(C)c1ccc(NC(=O)c2nc(C(=O)NC3CC3)n3ccccc23)cc1. The lowest BCUT2D eigenvalue weighted by atomic mass is 9.87. The number of nitrogens with zero attached hydrogens (tertiary/aromatic N) is 2. The number of fused-ring (bicyclic) bond motifs is 1. The topological polar surface area (TPSA) is 75.5 Å². The van der Waals surface area contributed by atoms with Crippen molar-refractivity contribution in [3.8, 4) is 0 Å². The summed E-state index contributed by atoms with van der Waals surface area (Å²) in [5, 5.41) is 5.82. The van der Waals surface area contributed by atoms with E-state index in [-0.39, 0.29) is 34.8 Å². The number of benzene rings is 1. The van der Waals surface area contributed by atoms with Crippen LogP contribution in [0.5, 0.6) is 0 Å². The number of anilines is 1. The molecular weight excluding hydrogens is 352 g/mol. The molecule has 2 heterocycles. The minimum atomic E-state index is -0.335. The number of rotatable bonds is 4. The highest BCUT2D eigenvalue weighted by molar-refractivity contribution is 6.09. The van der Waals surface area contributed by atoms with Gasteiger partial charge in [-0.2, -0.15) is 0 Å². The van der Waals surface area contributed by atoms with Crippen LogP contribution in [0.25, 0.3) is 5.52 Å². The lowest BCUT2D eigenvalue weighted by Crippen LogP contribution is -2.27. The highest BCUT2D eigenvalue weighted by Crippen LogP contribution is 2.24. The van der Waals surface area contributed by atoms with Crippen LogP contribution in [0, 0.1) is 0 Å². The van der Waals surface area contributed by atoms with E-state index in [9.17, 15) is 9.59 Å². The zero-order valence-corrected chi connectivity index (χ0v) is 16.3. The van der Waals surface area contributed by atoms with Crippen LogP contribution in [0.15, 0.2) is 48.7 Å². The molecule has 0 aliphatic heterocycles. The zero-order valence-electron chi connectivity index (χ0n) is 16.3. The second-order valence-corrected chi connectivity index (χ2v) is 8.27. The molecule has 0 bridgehead atoms. The van der Waals surface area contributed by atoms with Gasteiger partial charge >= 0.3 is 0 Å². The molecule has 144 valence electrons. The quantitative estimate of drug-likeness (QED) is 0.728. The molecule has 2 aromatic heterocycles. The molecule has 1 saturated carbocycles. The van der Waals surface area contributed by atoms with Gasteiger partial charge in [0.25, 0.3) is 11.8 Å². The Morgan fingerprint density at radius 3 is 2.39 bits per heavy atom. The Kier molecular flexibility index (Phi) is 4.41. The Labute approximate surface area is 164 Å². The molecule has 2 N–H and O–H groups in total. The van der Waals surface area contributed by atoms with Crippen molar-refractivity contribution in [2.45, 2.75) is 45.1 Å². The number of carbonyl (C=O) groups is 2. The summed E-state index contributed by atoms with van der Waals surface area (Å²) in [6, 6.07) is 13.4. The van der Waals surface area contributed by atoms with Crippen molar-refractivity contribution >= 4 is 23.0 Å². The molecule has 0 saturated heterocycles. The van der Waals surface area contributed by atoms with Gasteiger partial charge in [0.1, 0.15) is 0 Å². The maximum Gasteiger partial charge on any atom is 0.287 e. The molecule has 1 fully saturated rings. The normalized spacial score (nSPS) is 14.1. The van der Waals surface area contributed by atoms with Crippen LogP contribution in [0.4, 0.5) is 5.69 Å². The summed E-state index contributed by atoms with van der Waals surface area (Å²) in [6.07, 6.45) is 3.74.